The molecule has 4 aromatic carbocycles. The number of phenolic OH excluding ortho intramolecular Hbond substituents is 2. The van der Waals surface area contributed by atoms with Crippen LogP contribution in [0, 0.1) is 11.8 Å². The second kappa shape index (κ2) is 7.89. The molecule has 0 aliphatic heterocycles. The number of nitrogens with zero attached hydrogens (tertiary/aromatic N) is 1. The Hall–Kier alpha value is -4.23. The van der Waals surface area contributed by atoms with Crippen molar-refractivity contribution in [1.29, 1.82) is 0 Å². The van der Waals surface area contributed by atoms with Gasteiger partial charge in [0.05, 0.1) is 0 Å². The SMILES string of the molecule is Oc1cc2ccc(C#CCc3ccc4ocnc4c3)cc2c(O)c1Cc1ccccc1. The normalized spacial score (nSPS) is 10.8. The van der Waals surface area contributed by atoms with Crippen molar-refractivity contribution in [3.63, 3.8) is 0 Å². The number of rotatable bonds is 3. The molecule has 1 heterocycles. The van der Waals surface area contributed by atoms with Crippen LogP contribution in [-0.2, 0) is 12.8 Å². The Morgan fingerprint density at radius 3 is 2.61 bits per heavy atom. The van der Waals surface area contributed by atoms with Crippen LogP contribution in [0.3, 0.4) is 0 Å². The molecule has 0 spiro atoms. The maximum absolute atomic E-state index is 10.9. The number of hydrogen-bond donors (Lipinski definition) is 2. The third kappa shape index (κ3) is 3.82. The summed E-state index contributed by atoms with van der Waals surface area (Å²) in [5.74, 6) is 6.55. The van der Waals surface area contributed by atoms with Crippen LogP contribution in [0.4, 0.5) is 0 Å². The maximum atomic E-state index is 10.9. The third-order valence-corrected chi connectivity index (χ3v) is 5.34. The average molecular weight is 405 g/mol. The van der Waals surface area contributed by atoms with Crippen LogP contribution in [0.2, 0.25) is 0 Å². The predicted molar refractivity (Wildman–Crippen MR) is 121 cm³/mol. The van der Waals surface area contributed by atoms with Gasteiger partial charge in [-0.25, -0.2) is 4.98 Å². The lowest BCUT2D eigenvalue weighted by Gasteiger charge is -2.11. The summed E-state index contributed by atoms with van der Waals surface area (Å²) in [4.78, 5) is 4.17. The number of fused-ring (bicyclic) bond motifs is 2. The van der Waals surface area contributed by atoms with Gasteiger partial charge >= 0.3 is 0 Å². The standard InChI is InChI=1S/C27H19NO3/c29-25-16-21-11-9-19(7-4-8-20-10-12-26-24(15-20)28-17-31-26)13-22(21)27(30)23(25)14-18-5-2-1-3-6-18/h1-3,5-6,9-13,15-17,29-30H,8,14H2. The average Bonchev–Trinajstić information content (AvgIpc) is 3.26. The first-order valence-electron chi connectivity index (χ1n) is 10.00. The lowest BCUT2D eigenvalue weighted by Crippen LogP contribution is -1.91. The molecule has 0 saturated carbocycles. The second-order valence-electron chi connectivity index (χ2n) is 7.45. The highest BCUT2D eigenvalue weighted by Gasteiger charge is 2.13. The van der Waals surface area contributed by atoms with Gasteiger partial charge < -0.3 is 14.6 Å². The summed E-state index contributed by atoms with van der Waals surface area (Å²) in [7, 11) is 0. The van der Waals surface area contributed by atoms with Crippen molar-refractivity contribution in [1.82, 2.24) is 4.98 Å². The molecule has 0 aliphatic rings. The molecule has 31 heavy (non-hydrogen) atoms. The van der Waals surface area contributed by atoms with Gasteiger partial charge in [0.1, 0.15) is 17.0 Å². The molecule has 2 N–H and O–H groups in total. The minimum absolute atomic E-state index is 0.0935. The van der Waals surface area contributed by atoms with Gasteiger partial charge in [-0.05, 0) is 46.8 Å². The van der Waals surface area contributed by atoms with Gasteiger partial charge in [-0.2, -0.15) is 0 Å². The quantitative estimate of drug-likeness (QED) is 0.385. The number of phenols is 2. The van der Waals surface area contributed by atoms with E-state index >= 15 is 0 Å². The van der Waals surface area contributed by atoms with Crippen molar-refractivity contribution in [2.24, 2.45) is 0 Å². The Labute approximate surface area is 179 Å². The van der Waals surface area contributed by atoms with Crippen LogP contribution in [0.25, 0.3) is 21.9 Å². The third-order valence-electron chi connectivity index (χ3n) is 5.34. The van der Waals surface area contributed by atoms with Crippen molar-refractivity contribution in [2.45, 2.75) is 12.8 Å². The first-order chi connectivity index (χ1) is 15.2. The van der Waals surface area contributed by atoms with Gasteiger partial charge in [0.25, 0.3) is 0 Å². The van der Waals surface area contributed by atoms with Crippen LogP contribution in [0.15, 0.2) is 83.6 Å². The smallest absolute Gasteiger partial charge is 0.181 e. The Balaban J connectivity index is 1.44. The molecule has 4 heteroatoms. The van der Waals surface area contributed by atoms with E-state index in [0.717, 1.165) is 33.2 Å². The molecule has 5 aromatic rings. The van der Waals surface area contributed by atoms with E-state index in [9.17, 15) is 10.2 Å². The predicted octanol–water partition coefficient (Wildman–Crippen LogP) is 5.58. The molecule has 5 rings (SSSR count). The summed E-state index contributed by atoms with van der Waals surface area (Å²) < 4.78 is 5.27. The highest BCUT2D eigenvalue weighted by Crippen LogP contribution is 2.37. The zero-order valence-corrected chi connectivity index (χ0v) is 16.7. The largest absolute Gasteiger partial charge is 0.507 e. The number of hydrogen-bond acceptors (Lipinski definition) is 4. The van der Waals surface area contributed by atoms with Gasteiger partial charge in [-0.15, -0.1) is 0 Å². The highest BCUT2D eigenvalue weighted by molar-refractivity contribution is 5.92. The zero-order chi connectivity index (χ0) is 21.2. The van der Waals surface area contributed by atoms with Crippen LogP contribution in [-0.4, -0.2) is 15.2 Å². The fraction of sp³-hybridized carbons (Fsp3) is 0.0741. The van der Waals surface area contributed by atoms with Crippen molar-refractivity contribution < 1.29 is 14.6 Å². The molecular formula is C27H19NO3. The van der Waals surface area contributed by atoms with Crippen LogP contribution in [0.1, 0.15) is 22.3 Å². The van der Waals surface area contributed by atoms with Gasteiger partial charge in [-0.3, -0.25) is 0 Å². The fourth-order valence-corrected chi connectivity index (χ4v) is 3.72. The molecule has 0 saturated heterocycles. The first kappa shape index (κ1) is 18.8. The molecular weight excluding hydrogens is 386 g/mol. The second-order valence-corrected chi connectivity index (χ2v) is 7.45. The Morgan fingerprint density at radius 2 is 1.74 bits per heavy atom. The van der Waals surface area contributed by atoms with Crippen molar-refractivity contribution in [2.75, 3.05) is 0 Å². The van der Waals surface area contributed by atoms with Crippen LogP contribution in [0.5, 0.6) is 11.5 Å². The summed E-state index contributed by atoms with van der Waals surface area (Å²) in [5.41, 5.74) is 4.99. The zero-order valence-electron chi connectivity index (χ0n) is 16.7. The summed E-state index contributed by atoms with van der Waals surface area (Å²) in [6.07, 6.45) is 2.47. The molecule has 0 aliphatic carbocycles. The molecule has 0 unspecified atom stereocenters. The lowest BCUT2D eigenvalue weighted by molar-refractivity contribution is 0.445. The minimum Gasteiger partial charge on any atom is -0.507 e. The monoisotopic (exact) mass is 405 g/mol. The van der Waals surface area contributed by atoms with Crippen molar-refractivity contribution in [3.05, 3.63) is 101 Å². The molecule has 4 nitrogen and oxygen atoms in total. The van der Waals surface area contributed by atoms with Gasteiger partial charge in [0.15, 0.2) is 12.0 Å². The van der Waals surface area contributed by atoms with E-state index in [0.29, 0.717) is 23.8 Å². The molecule has 0 bridgehead atoms. The van der Waals surface area contributed by atoms with Gasteiger partial charge in [0, 0.05) is 29.4 Å². The van der Waals surface area contributed by atoms with E-state index in [1.807, 2.05) is 66.7 Å². The van der Waals surface area contributed by atoms with E-state index in [1.165, 1.54) is 6.39 Å². The van der Waals surface area contributed by atoms with E-state index < -0.39 is 0 Å². The summed E-state index contributed by atoms with van der Waals surface area (Å²) in [6.45, 7) is 0. The number of aromatic hydroxyl groups is 2. The van der Waals surface area contributed by atoms with E-state index in [4.69, 9.17) is 4.42 Å². The summed E-state index contributed by atoms with van der Waals surface area (Å²) in [5, 5.41) is 22.8. The van der Waals surface area contributed by atoms with E-state index in [1.54, 1.807) is 6.07 Å². The van der Waals surface area contributed by atoms with Crippen molar-refractivity contribution in [3.8, 4) is 23.3 Å². The van der Waals surface area contributed by atoms with Gasteiger partial charge in [-0.1, -0.05) is 54.3 Å². The molecule has 0 amide bonds. The van der Waals surface area contributed by atoms with Crippen LogP contribution < -0.4 is 0 Å². The Kier molecular flexibility index (Phi) is 4.78. The fourth-order valence-electron chi connectivity index (χ4n) is 3.72. The first-order valence-corrected chi connectivity index (χ1v) is 10.00. The van der Waals surface area contributed by atoms with E-state index in [2.05, 4.69) is 16.8 Å². The maximum Gasteiger partial charge on any atom is 0.181 e. The van der Waals surface area contributed by atoms with Crippen molar-refractivity contribution >= 4 is 21.9 Å². The highest BCUT2D eigenvalue weighted by atomic mass is 16.3. The number of oxazole rings is 1. The number of aromatic nitrogens is 1. The van der Waals surface area contributed by atoms with Crippen LogP contribution >= 0.6 is 0 Å². The van der Waals surface area contributed by atoms with Gasteiger partial charge in [0.2, 0.25) is 0 Å². The molecule has 0 atom stereocenters. The van der Waals surface area contributed by atoms with E-state index in [-0.39, 0.29) is 11.5 Å². The summed E-state index contributed by atoms with van der Waals surface area (Å²) >= 11 is 0. The molecule has 0 radical (unpaired) electrons. The minimum atomic E-state index is 0.0935. The Bertz CT molecular complexity index is 1460. The molecule has 150 valence electrons. The molecule has 1 aromatic heterocycles. The summed E-state index contributed by atoms with van der Waals surface area (Å²) in [6, 6.07) is 22.9. The lowest BCUT2D eigenvalue weighted by atomic mass is 9.97. The topological polar surface area (TPSA) is 66.5 Å². The number of benzene rings is 4. The molecule has 0 fully saturated rings. The Morgan fingerprint density at radius 1 is 0.871 bits per heavy atom.